The van der Waals surface area contributed by atoms with Gasteiger partial charge in [0.05, 0.1) is 24.4 Å². The Bertz CT molecular complexity index is 846. The summed E-state index contributed by atoms with van der Waals surface area (Å²) in [4.78, 5) is 31.0. The molecule has 0 saturated carbocycles. The van der Waals surface area contributed by atoms with Gasteiger partial charge in [-0.05, 0) is 17.4 Å². The molecule has 0 aliphatic carbocycles. The number of carbonyl (C=O) groups is 2. The molecule has 30 heavy (non-hydrogen) atoms. The fraction of sp³-hybridized carbons (Fsp3) is 0.500. The number of hydrogen-bond donors (Lipinski definition) is 2. The van der Waals surface area contributed by atoms with Crippen molar-refractivity contribution in [3.05, 3.63) is 42.4 Å². The molecule has 164 valence electrons. The fourth-order valence-corrected chi connectivity index (χ4v) is 3.54. The van der Waals surface area contributed by atoms with Crippen molar-refractivity contribution in [2.24, 2.45) is 11.1 Å². The number of halogens is 1. The van der Waals surface area contributed by atoms with E-state index in [1.807, 2.05) is 45.0 Å². The van der Waals surface area contributed by atoms with E-state index in [0.29, 0.717) is 18.6 Å². The molecule has 2 heterocycles. The number of aryl methyl sites for hydroxylation is 1. The van der Waals surface area contributed by atoms with Gasteiger partial charge in [-0.25, -0.2) is 4.98 Å². The molecule has 0 unspecified atom stereocenters. The highest BCUT2D eigenvalue weighted by Crippen LogP contribution is 2.26. The highest BCUT2D eigenvalue weighted by atomic mass is 35.5. The molecule has 3 rings (SSSR count). The zero-order valence-corrected chi connectivity index (χ0v) is 18.4. The number of aromatic nitrogens is 1. The molecule has 8 heteroatoms. The van der Waals surface area contributed by atoms with Gasteiger partial charge in [0.1, 0.15) is 0 Å². The summed E-state index contributed by atoms with van der Waals surface area (Å²) in [6.07, 6.45) is 3.48. The van der Waals surface area contributed by atoms with Crippen molar-refractivity contribution in [3.8, 4) is 11.3 Å². The van der Waals surface area contributed by atoms with Gasteiger partial charge < -0.3 is 20.2 Å². The average molecular weight is 436 g/mol. The van der Waals surface area contributed by atoms with Gasteiger partial charge in [0, 0.05) is 24.9 Å². The number of benzene rings is 1. The van der Waals surface area contributed by atoms with Gasteiger partial charge >= 0.3 is 0 Å². The van der Waals surface area contributed by atoms with E-state index in [2.05, 4.69) is 4.98 Å². The molecular formula is C22H30ClN3O4. The van der Waals surface area contributed by atoms with Crippen LogP contribution >= 0.6 is 12.4 Å². The molecule has 3 N–H and O–H groups in total. The molecule has 1 fully saturated rings. The molecule has 1 aliphatic heterocycles. The molecule has 3 atom stereocenters. The summed E-state index contributed by atoms with van der Waals surface area (Å²) in [6.45, 7) is 5.83. The molecule has 1 aromatic carbocycles. The summed E-state index contributed by atoms with van der Waals surface area (Å²) in [6, 6.07) is 6.43. The summed E-state index contributed by atoms with van der Waals surface area (Å²) in [7, 11) is 0. The SMILES string of the molecule is CC(C)(C)[C@H](N)C(=O)N1C[C@H](O)C[C@H]1C(=O)CCc1ccc(-c2cnco2)cc1.Cl. The Kier molecular flexibility index (Phi) is 7.80. The molecule has 1 aromatic heterocycles. The first kappa shape index (κ1) is 24.1. The van der Waals surface area contributed by atoms with Crippen LogP contribution in [-0.4, -0.2) is 51.4 Å². The Balaban J connectivity index is 0.00000320. The maximum absolute atomic E-state index is 12.8. The van der Waals surface area contributed by atoms with Crippen LogP contribution in [0.2, 0.25) is 0 Å². The number of aliphatic hydroxyl groups excluding tert-OH is 1. The van der Waals surface area contributed by atoms with E-state index in [-0.39, 0.29) is 37.1 Å². The topological polar surface area (TPSA) is 110 Å². The summed E-state index contributed by atoms with van der Waals surface area (Å²) < 4.78 is 5.28. The highest BCUT2D eigenvalue weighted by molar-refractivity contribution is 5.92. The third kappa shape index (κ3) is 5.47. The van der Waals surface area contributed by atoms with Gasteiger partial charge in [0.2, 0.25) is 5.91 Å². The van der Waals surface area contributed by atoms with Crippen molar-refractivity contribution in [2.45, 2.75) is 58.2 Å². The predicted molar refractivity (Wildman–Crippen MR) is 116 cm³/mol. The molecular weight excluding hydrogens is 406 g/mol. The summed E-state index contributed by atoms with van der Waals surface area (Å²) in [5.74, 6) is 0.371. The molecule has 1 aliphatic rings. The number of likely N-dealkylation sites (tertiary alicyclic amines) is 1. The van der Waals surface area contributed by atoms with Gasteiger partial charge in [-0.1, -0.05) is 45.0 Å². The first-order chi connectivity index (χ1) is 13.7. The van der Waals surface area contributed by atoms with Crippen LogP contribution in [0.25, 0.3) is 11.3 Å². The Morgan fingerprint density at radius 3 is 2.53 bits per heavy atom. The maximum Gasteiger partial charge on any atom is 0.240 e. The van der Waals surface area contributed by atoms with E-state index in [9.17, 15) is 14.7 Å². The minimum atomic E-state index is -0.716. The van der Waals surface area contributed by atoms with Gasteiger partial charge in [-0.2, -0.15) is 0 Å². The van der Waals surface area contributed by atoms with E-state index in [1.165, 1.54) is 11.3 Å². The van der Waals surface area contributed by atoms with Crippen molar-refractivity contribution in [3.63, 3.8) is 0 Å². The van der Waals surface area contributed by atoms with Crippen molar-refractivity contribution in [1.82, 2.24) is 9.88 Å². The Morgan fingerprint density at radius 2 is 1.97 bits per heavy atom. The van der Waals surface area contributed by atoms with E-state index in [0.717, 1.165) is 11.1 Å². The van der Waals surface area contributed by atoms with E-state index >= 15 is 0 Å². The second kappa shape index (κ2) is 9.73. The summed E-state index contributed by atoms with van der Waals surface area (Å²) in [5, 5.41) is 10.1. The number of nitrogens with two attached hydrogens (primary N) is 1. The molecule has 0 spiro atoms. The molecule has 1 amide bonds. The Labute approximate surface area is 183 Å². The maximum atomic E-state index is 12.8. The van der Waals surface area contributed by atoms with E-state index in [4.69, 9.17) is 10.2 Å². The first-order valence-corrected chi connectivity index (χ1v) is 9.91. The van der Waals surface area contributed by atoms with Crippen LogP contribution in [-0.2, 0) is 16.0 Å². The second-order valence-electron chi connectivity index (χ2n) is 8.77. The molecule has 7 nitrogen and oxygen atoms in total. The quantitative estimate of drug-likeness (QED) is 0.721. The second-order valence-corrected chi connectivity index (χ2v) is 8.77. The number of hydrogen-bond acceptors (Lipinski definition) is 6. The number of aliphatic hydroxyl groups is 1. The zero-order chi connectivity index (χ0) is 21.2. The van der Waals surface area contributed by atoms with Crippen LogP contribution in [0.4, 0.5) is 0 Å². The third-order valence-corrected chi connectivity index (χ3v) is 5.46. The average Bonchev–Trinajstić information content (AvgIpc) is 3.34. The lowest BCUT2D eigenvalue weighted by Crippen LogP contribution is -2.53. The van der Waals surface area contributed by atoms with Gasteiger partial charge in [0.25, 0.3) is 0 Å². The summed E-state index contributed by atoms with van der Waals surface area (Å²) >= 11 is 0. The third-order valence-electron chi connectivity index (χ3n) is 5.46. The molecule has 2 aromatic rings. The van der Waals surface area contributed by atoms with Crippen LogP contribution in [0.3, 0.4) is 0 Å². The number of oxazole rings is 1. The number of nitrogens with zero attached hydrogens (tertiary/aromatic N) is 2. The van der Waals surface area contributed by atoms with Crippen molar-refractivity contribution in [1.29, 1.82) is 0 Å². The standard InChI is InChI=1S/C22H29N3O4.ClH/c1-22(2,3)20(23)21(28)25-12-16(26)10-17(25)18(27)9-6-14-4-7-15(8-5-14)19-11-24-13-29-19;/h4-5,7-8,11,13,16-17,20,26H,6,9-10,12,23H2,1-3H3;1H/t16-,17+,20-;/m1./s1. The van der Waals surface area contributed by atoms with Crippen molar-refractivity contribution in [2.75, 3.05) is 6.54 Å². The fourth-order valence-electron chi connectivity index (χ4n) is 3.54. The lowest BCUT2D eigenvalue weighted by atomic mass is 9.86. The normalized spacial score (nSPS) is 20.0. The number of amides is 1. The number of β-amino-alcohol motifs (C(OH)–C–C–N with tert-alkyl or cyclic N) is 1. The van der Waals surface area contributed by atoms with Crippen LogP contribution < -0.4 is 5.73 Å². The van der Waals surface area contributed by atoms with Gasteiger partial charge in [-0.3, -0.25) is 9.59 Å². The molecule has 0 radical (unpaired) electrons. The molecule has 0 bridgehead atoms. The summed E-state index contributed by atoms with van der Waals surface area (Å²) in [5.41, 5.74) is 7.63. The smallest absolute Gasteiger partial charge is 0.240 e. The minimum Gasteiger partial charge on any atom is -0.444 e. The number of rotatable bonds is 6. The number of carbonyl (C=O) groups excluding carboxylic acids is 2. The number of ketones is 1. The van der Waals surface area contributed by atoms with E-state index < -0.39 is 23.6 Å². The van der Waals surface area contributed by atoms with Crippen molar-refractivity contribution >= 4 is 24.1 Å². The largest absolute Gasteiger partial charge is 0.444 e. The first-order valence-electron chi connectivity index (χ1n) is 9.91. The Hall–Kier alpha value is -2.22. The lowest BCUT2D eigenvalue weighted by Gasteiger charge is -2.32. The van der Waals surface area contributed by atoms with Gasteiger partial charge in [-0.15, -0.1) is 12.4 Å². The monoisotopic (exact) mass is 435 g/mol. The van der Waals surface area contributed by atoms with Crippen LogP contribution in [0.1, 0.15) is 39.2 Å². The van der Waals surface area contributed by atoms with E-state index in [1.54, 1.807) is 6.20 Å². The highest BCUT2D eigenvalue weighted by Gasteiger charge is 2.42. The number of Topliss-reactive ketones (excluding diaryl/α,β-unsaturated/α-hetero) is 1. The van der Waals surface area contributed by atoms with Crippen LogP contribution in [0.5, 0.6) is 0 Å². The predicted octanol–water partition coefficient (Wildman–Crippen LogP) is 2.60. The van der Waals surface area contributed by atoms with Crippen molar-refractivity contribution < 1.29 is 19.1 Å². The Morgan fingerprint density at radius 1 is 1.30 bits per heavy atom. The minimum absolute atomic E-state index is 0. The van der Waals surface area contributed by atoms with Crippen LogP contribution in [0, 0.1) is 5.41 Å². The lowest BCUT2D eigenvalue weighted by molar-refractivity contribution is -0.140. The van der Waals surface area contributed by atoms with Gasteiger partial charge in [0.15, 0.2) is 17.9 Å². The zero-order valence-electron chi connectivity index (χ0n) is 17.6. The molecule has 1 saturated heterocycles. The van der Waals surface area contributed by atoms with Crippen LogP contribution in [0.15, 0.2) is 41.3 Å².